The monoisotopic (exact) mass is 172 g/mol. The maximum atomic E-state index is 5.47. The minimum atomic E-state index is 0.576. The Labute approximate surface area is 75.3 Å². The van der Waals surface area contributed by atoms with Crippen molar-refractivity contribution in [3.63, 3.8) is 0 Å². The maximum absolute atomic E-state index is 5.47. The highest BCUT2D eigenvalue weighted by atomic mass is 16.5. The topological polar surface area (TPSA) is 15.7 Å². The van der Waals surface area contributed by atoms with E-state index < -0.39 is 0 Å². The Bertz CT molecular complexity index is 122. The van der Waals surface area contributed by atoms with Gasteiger partial charge in [-0.1, -0.05) is 0 Å². The Kier molecular flexibility index (Phi) is 3.50. The van der Waals surface area contributed by atoms with E-state index in [-0.39, 0.29) is 0 Å². The van der Waals surface area contributed by atoms with E-state index >= 15 is 0 Å². The molecular formula is C9H20N2O. The van der Waals surface area contributed by atoms with Gasteiger partial charge in [-0.2, -0.15) is 0 Å². The molecule has 3 nitrogen and oxygen atoms in total. The molecule has 1 aliphatic heterocycles. The van der Waals surface area contributed by atoms with Crippen LogP contribution in [-0.4, -0.2) is 42.0 Å². The van der Waals surface area contributed by atoms with Crippen molar-refractivity contribution in [1.82, 2.24) is 9.80 Å². The largest absolute Gasteiger partial charge is 0.351 e. The Balaban J connectivity index is 2.40. The Morgan fingerprint density at radius 1 is 0.917 bits per heavy atom. The first-order chi connectivity index (χ1) is 5.61. The normalized spacial score (nSPS) is 22.5. The molecule has 0 aromatic carbocycles. The van der Waals surface area contributed by atoms with Gasteiger partial charge in [-0.05, 0) is 27.7 Å². The van der Waals surface area contributed by atoms with Gasteiger partial charge in [0, 0.05) is 12.1 Å². The fourth-order valence-corrected chi connectivity index (χ4v) is 1.22. The maximum Gasteiger partial charge on any atom is 0.102 e. The van der Waals surface area contributed by atoms with E-state index in [9.17, 15) is 0 Å². The van der Waals surface area contributed by atoms with Gasteiger partial charge in [-0.3, -0.25) is 9.80 Å². The minimum absolute atomic E-state index is 0.576. The highest BCUT2D eigenvalue weighted by Gasteiger charge is 2.21. The lowest BCUT2D eigenvalue weighted by molar-refractivity contribution is -0.132. The van der Waals surface area contributed by atoms with Crippen LogP contribution in [0.15, 0.2) is 0 Å². The molecule has 0 radical (unpaired) electrons. The van der Waals surface area contributed by atoms with E-state index in [1.807, 2.05) is 0 Å². The lowest BCUT2D eigenvalue weighted by atomic mass is 10.3. The Hall–Kier alpha value is -0.120. The molecule has 0 bridgehead atoms. The van der Waals surface area contributed by atoms with E-state index in [2.05, 4.69) is 37.5 Å². The number of rotatable bonds is 2. The molecule has 0 spiro atoms. The van der Waals surface area contributed by atoms with Crippen molar-refractivity contribution in [1.29, 1.82) is 0 Å². The van der Waals surface area contributed by atoms with Crippen molar-refractivity contribution in [2.45, 2.75) is 39.8 Å². The lowest BCUT2D eigenvalue weighted by Crippen LogP contribution is -2.51. The van der Waals surface area contributed by atoms with Gasteiger partial charge in [0.25, 0.3) is 0 Å². The summed E-state index contributed by atoms with van der Waals surface area (Å²) in [5.41, 5.74) is 0. The summed E-state index contributed by atoms with van der Waals surface area (Å²) >= 11 is 0. The van der Waals surface area contributed by atoms with Crippen LogP contribution >= 0.6 is 0 Å². The Morgan fingerprint density at radius 2 is 1.33 bits per heavy atom. The molecule has 1 aliphatic rings. The molecule has 0 N–H and O–H groups in total. The first kappa shape index (κ1) is 9.96. The van der Waals surface area contributed by atoms with Crippen molar-refractivity contribution < 1.29 is 4.74 Å². The third kappa shape index (κ3) is 2.44. The van der Waals surface area contributed by atoms with E-state index in [0.29, 0.717) is 12.1 Å². The van der Waals surface area contributed by atoms with Crippen molar-refractivity contribution in [3.05, 3.63) is 0 Å². The third-order valence-electron chi connectivity index (χ3n) is 2.34. The van der Waals surface area contributed by atoms with Gasteiger partial charge in [-0.25, -0.2) is 0 Å². The number of nitrogens with zero attached hydrogens (tertiary/aromatic N) is 2. The van der Waals surface area contributed by atoms with Gasteiger partial charge >= 0.3 is 0 Å². The van der Waals surface area contributed by atoms with E-state index in [0.717, 1.165) is 20.1 Å². The molecule has 0 atom stereocenters. The summed E-state index contributed by atoms with van der Waals surface area (Å²) in [4.78, 5) is 4.65. The summed E-state index contributed by atoms with van der Waals surface area (Å²) < 4.78 is 5.47. The molecule has 0 saturated carbocycles. The summed E-state index contributed by atoms with van der Waals surface area (Å²) in [7, 11) is 0. The second-order valence-electron chi connectivity index (χ2n) is 3.97. The van der Waals surface area contributed by atoms with Crippen LogP contribution < -0.4 is 0 Å². The van der Waals surface area contributed by atoms with Gasteiger partial charge < -0.3 is 4.74 Å². The molecule has 0 amide bonds. The summed E-state index contributed by atoms with van der Waals surface area (Å²) in [6.07, 6.45) is 0. The standard InChI is InChI=1S/C9H20N2O/c1-8(2)10-5-11(9(3)4)7-12-6-10/h8-9H,5-7H2,1-4H3. The van der Waals surface area contributed by atoms with Crippen molar-refractivity contribution >= 4 is 0 Å². The van der Waals surface area contributed by atoms with Crippen LogP contribution in [0, 0.1) is 0 Å². The molecule has 12 heavy (non-hydrogen) atoms. The average molecular weight is 172 g/mol. The lowest BCUT2D eigenvalue weighted by Gasteiger charge is -2.39. The third-order valence-corrected chi connectivity index (χ3v) is 2.34. The molecule has 1 rings (SSSR count). The molecule has 0 aromatic rings. The molecule has 0 unspecified atom stereocenters. The highest BCUT2D eigenvalue weighted by Crippen LogP contribution is 2.09. The molecular weight excluding hydrogens is 152 g/mol. The van der Waals surface area contributed by atoms with E-state index in [1.165, 1.54) is 0 Å². The van der Waals surface area contributed by atoms with E-state index in [1.54, 1.807) is 0 Å². The van der Waals surface area contributed by atoms with E-state index in [4.69, 9.17) is 4.74 Å². The zero-order valence-electron chi connectivity index (χ0n) is 8.58. The zero-order valence-corrected chi connectivity index (χ0v) is 8.58. The molecule has 3 heteroatoms. The summed E-state index contributed by atoms with van der Waals surface area (Å²) in [5, 5.41) is 0. The first-order valence-electron chi connectivity index (χ1n) is 4.67. The van der Waals surface area contributed by atoms with Crippen LogP contribution in [0.4, 0.5) is 0 Å². The highest BCUT2D eigenvalue weighted by molar-refractivity contribution is 4.66. The van der Waals surface area contributed by atoms with Gasteiger partial charge in [0.2, 0.25) is 0 Å². The molecule has 72 valence electrons. The second-order valence-corrected chi connectivity index (χ2v) is 3.97. The van der Waals surface area contributed by atoms with Crippen LogP contribution in [0.5, 0.6) is 0 Å². The smallest absolute Gasteiger partial charge is 0.102 e. The Morgan fingerprint density at radius 3 is 1.67 bits per heavy atom. The SMILES string of the molecule is CC(C)N1COCN(C(C)C)C1. The van der Waals surface area contributed by atoms with Crippen molar-refractivity contribution in [2.24, 2.45) is 0 Å². The molecule has 1 saturated heterocycles. The quantitative estimate of drug-likeness (QED) is 0.624. The van der Waals surface area contributed by atoms with Crippen LogP contribution in [0.3, 0.4) is 0 Å². The van der Waals surface area contributed by atoms with Crippen molar-refractivity contribution in [2.75, 3.05) is 20.1 Å². The van der Waals surface area contributed by atoms with Gasteiger partial charge in [0.05, 0.1) is 6.67 Å². The molecule has 1 heterocycles. The van der Waals surface area contributed by atoms with Gasteiger partial charge in [-0.15, -0.1) is 0 Å². The summed E-state index contributed by atoms with van der Waals surface area (Å²) in [5.74, 6) is 0. The van der Waals surface area contributed by atoms with Gasteiger partial charge in [0.1, 0.15) is 13.5 Å². The van der Waals surface area contributed by atoms with Crippen molar-refractivity contribution in [3.8, 4) is 0 Å². The minimum Gasteiger partial charge on any atom is -0.351 e. The predicted molar refractivity (Wildman–Crippen MR) is 49.6 cm³/mol. The number of ether oxygens (including phenoxy) is 1. The zero-order chi connectivity index (χ0) is 9.14. The van der Waals surface area contributed by atoms with Crippen LogP contribution in [-0.2, 0) is 4.74 Å². The average Bonchev–Trinajstić information content (AvgIpc) is 2.04. The fraction of sp³-hybridized carbons (Fsp3) is 1.00. The first-order valence-corrected chi connectivity index (χ1v) is 4.67. The summed E-state index contributed by atoms with van der Waals surface area (Å²) in [6, 6.07) is 1.15. The summed E-state index contributed by atoms with van der Waals surface area (Å²) in [6.45, 7) is 11.4. The molecule has 0 aliphatic carbocycles. The predicted octanol–water partition coefficient (Wildman–Crippen LogP) is 1.31. The molecule has 1 fully saturated rings. The second kappa shape index (κ2) is 4.21. The molecule has 0 aromatic heterocycles. The van der Waals surface area contributed by atoms with Crippen LogP contribution in [0.25, 0.3) is 0 Å². The van der Waals surface area contributed by atoms with Gasteiger partial charge in [0.15, 0.2) is 0 Å². The number of hydrogen-bond donors (Lipinski definition) is 0. The number of hydrogen-bond acceptors (Lipinski definition) is 3. The van der Waals surface area contributed by atoms with Crippen LogP contribution in [0.1, 0.15) is 27.7 Å². The fourth-order valence-electron chi connectivity index (χ4n) is 1.22. The van der Waals surface area contributed by atoms with Crippen LogP contribution in [0.2, 0.25) is 0 Å².